The van der Waals surface area contributed by atoms with Crippen molar-refractivity contribution in [1.82, 2.24) is 10.2 Å². The fraction of sp³-hybridized carbons (Fsp3) is 0.857. The van der Waals surface area contributed by atoms with E-state index in [4.69, 9.17) is 5.11 Å². The molecule has 1 saturated heterocycles. The van der Waals surface area contributed by atoms with Crippen LogP contribution in [0, 0.1) is 5.41 Å². The molecule has 2 unspecified atom stereocenters. The van der Waals surface area contributed by atoms with E-state index in [1.807, 2.05) is 20.8 Å². The number of piperidine rings is 1. The number of aliphatic carboxylic acids is 1. The lowest BCUT2D eigenvalue weighted by molar-refractivity contribution is -0.147. The van der Waals surface area contributed by atoms with Crippen LogP contribution in [0.3, 0.4) is 0 Å². The van der Waals surface area contributed by atoms with Crippen molar-refractivity contribution in [2.45, 2.75) is 52.5 Å². The molecule has 0 aromatic heterocycles. The van der Waals surface area contributed by atoms with Crippen LogP contribution in [0.4, 0.5) is 0 Å². The molecule has 1 fully saturated rings. The monoisotopic (exact) mass is 270 g/mol. The number of carboxylic acid groups (broad SMARTS) is 1. The molecule has 1 aliphatic rings. The molecule has 1 aliphatic heterocycles. The minimum absolute atomic E-state index is 0.00675. The first-order chi connectivity index (χ1) is 8.96. The quantitative estimate of drug-likeness (QED) is 0.767. The summed E-state index contributed by atoms with van der Waals surface area (Å²) in [6.07, 6.45) is 2.71. The smallest absolute Gasteiger partial charge is 0.305 e. The summed E-state index contributed by atoms with van der Waals surface area (Å²) in [7, 11) is 0. The van der Waals surface area contributed by atoms with Crippen molar-refractivity contribution in [3.05, 3.63) is 0 Å². The van der Waals surface area contributed by atoms with Crippen molar-refractivity contribution < 1.29 is 14.7 Å². The second kappa shape index (κ2) is 6.89. The fourth-order valence-electron chi connectivity index (χ4n) is 2.93. The van der Waals surface area contributed by atoms with Gasteiger partial charge < -0.3 is 15.3 Å². The first-order valence-corrected chi connectivity index (χ1v) is 7.20. The van der Waals surface area contributed by atoms with Gasteiger partial charge in [-0.2, -0.15) is 0 Å². The Balaban J connectivity index is 2.83. The highest BCUT2D eigenvalue weighted by molar-refractivity contribution is 5.84. The number of rotatable bonds is 6. The number of hydrogen-bond acceptors (Lipinski definition) is 3. The van der Waals surface area contributed by atoms with Gasteiger partial charge in [0, 0.05) is 19.1 Å². The first-order valence-electron chi connectivity index (χ1n) is 7.20. The number of nitrogens with one attached hydrogen (secondary N) is 1. The molecule has 0 saturated carbocycles. The van der Waals surface area contributed by atoms with E-state index < -0.39 is 5.97 Å². The lowest BCUT2D eigenvalue weighted by atomic mass is 9.76. The third kappa shape index (κ3) is 3.69. The van der Waals surface area contributed by atoms with Gasteiger partial charge in [0.25, 0.3) is 0 Å². The minimum atomic E-state index is -0.855. The van der Waals surface area contributed by atoms with Gasteiger partial charge in [0.15, 0.2) is 0 Å². The van der Waals surface area contributed by atoms with Crippen molar-refractivity contribution in [3.8, 4) is 0 Å². The Morgan fingerprint density at radius 3 is 2.53 bits per heavy atom. The van der Waals surface area contributed by atoms with Gasteiger partial charge in [0.05, 0.1) is 11.8 Å². The van der Waals surface area contributed by atoms with E-state index in [0.717, 1.165) is 25.8 Å². The molecule has 1 rings (SSSR count). The Bertz CT molecular complexity index is 325. The zero-order valence-electron chi connectivity index (χ0n) is 12.2. The van der Waals surface area contributed by atoms with Gasteiger partial charge in [0.1, 0.15) is 0 Å². The number of carbonyl (C=O) groups excluding carboxylic acids is 1. The summed E-state index contributed by atoms with van der Waals surface area (Å²) < 4.78 is 0. The van der Waals surface area contributed by atoms with Crippen LogP contribution in [0.15, 0.2) is 0 Å². The number of carboxylic acids is 1. The largest absolute Gasteiger partial charge is 0.481 e. The molecule has 5 nitrogen and oxygen atoms in total. The van der Waals surface area contributed by atoms with Gasteiger partial charge in [-0.05, 0) is 39.7 Å². The zero-order valence-corrected chi connectivity index (χ0v) is 12.2. The summed E-state index contributed by atoms with van der Waals surface area (Å²) in [4.78, 5) is 25.4. The molecule has 0 spiro atoms. The Morgan fingerprint density at radius 1 is 1.42 bits per heavy atom. The minimum Gasteiger partial charge on any atom is -0.481 e. The second-order valence-corrected chi connectivity index (χ2v) is 5.45. The van der Waals surface area contributed by atoms with Crippen molar-refractivity contribution in [2.75, 3.05) is 19.6 Å². The molecule has 1 amide bonds. The highest BCUT2D eigenvalue weighted by Gasteiger charge is 2.41. The summed E-state index contributed by atoms with van der Waals surface area (Å²) in [5.41, 5.74) is -0.346. The molecule has 1 heterocycles. The summed E-state index contributed by atoms with van der Waals surface area (Å²) in [5, 5.41) is 12.2. The fourth-order valence-corrected chi connectivity index (χ4v) is 2.93. The summed E-state index contributed by atoms with van der Waals surface area (Å²) in [5.74, 6) is -0.746. The third-order valence-electron chi connectivity index (χ3n) is 4.21. The average molecular weight is 270 g/mol. The van der Waals surface area contributed by atoms with Crippen LogP contribution < -0.4 is 5.32 Å². The average Bonchev–Trinajstić information content (AvgIpc) is 2.39. The highest BCUT2D eigenvalue weighted by atomic mass is 16.4. The zero-order chi connectivity index (χ0) is 14.5. The standard InChI is InChI=1S/C14H26N2O3/c1-4-14(7-6-8-15-10-14)13(19)16(5-2)11(3)9-12(17)18/h11,15H,4-10H2,1-3H3,(H,17,18). The topological polar surface area (TPSA) is 69.6 Å². The SMILES string of the molecule is CCN(C(=O)C1(CC)CCCNC1)C(C)CC(=O)O. The van der Waals surface area contributed by atoms with Gasteiger partial charge >= 0.3 is 5.97 Å². The molecular formula is C14H26N2O3. The normalized spacial score (nSPS) is 24.8. The molecule has 0 radical (unpaired) electrons. The third-order valence-corrected chi connectivity index (χ3v) is 4.21. The van der Waals surface area contributed by atoms with Crippen LogP contribution in [0.5, 0.6) is 0 Å². The summed E-state index contributed by atoms with van der Waals surface area (Å²) in [6.45, 7) is 8.01. The Labute approximate surface area is 115 Å². The maximum Gasteiger partial charge on any atom is 0.305 e. The van der Waals surface area contributed by atoms with Crippen molar-refractivity contribution in [2.24, 2.45) is 5.41 Å². The molecule has 0 aromatic rings. The van der Waals surface area contributed by atoms with E-state index in [1.165, 1.54) is 0 Å². The van der Waals surface area contributed by atoms with Gasteiger partial charge in [-0.1, -0.05) is 6.92 Å². The van der Waals surface area contributed by atoms with E-state index in [2.05, 4.69) is 5.32 Å². The molecule has 0 aromatic carbocycles. The maximum atomic E-state index is 12.8. The van der Waals surface area contributed by atoms with E-state index in [1.54, 1.807) is 4.90 Å². The molecule has 110 valence electrons. The summed E-state index contributed by atoms with van der Waals surface area (Å²) in [6, 6.07) is -0.250. The van der Waals surface area contributed by atoms with Gasteiger partial charge in [-0.25, -0.2) is 0 Å². The first kappa shape index (κ1) is 16.0. The van der Waals surface area contributed by atoms with Crippen LogP contribution in [-0.4, -0.2) is 47.6 Å². The molecule has 19 heavy (non-hydrogen) atoms. The number of carbonyl (C=O) groups is 2. The molecular weight excluding hydrogens is 244 g/mol. The van der Waals surface area contributed by atoms with Crippen LogP contribution >= 0.6 is 0 Å². The lowest BCUT2D eigenvalue weighted by Gasteiger charge is -2.41. The van der Waals surface area contributed by atoms with Crippen molar-refractivity contribution in [1.29, 1.82) is 0 Å². The second-order valence-electron chi connectivity index (χ2n) is 5.45. The molecule has 0 aliphatic carbocycles. The van der Waals surface area contributed by atoms with Crippen LogP contribution in [0.2, 0.25) is 0 Å². The summed E-state index contributed by atoms with van der Waals surface area (Å²) >= 11 is 0. The van der Waals surface area contributed by atoms with Crippen LogP contribution in [0.25, 0.3) is 0 Å². The predicted molar refractivity (Wildman–Crippen MR) is 73.9 cm³/mol. The molecule has 5 heteroatoms. The number of amides is 1. The molecule has 0 bridgehead atoms. The number of nitrogens with zero attached hydrogens (tertiary/aromatic N) is 1. The Kier molecular flexibility index (Phi) is 5.79. The van der Waals surface area contributed by atoms with Crippen molar-refractivity contribution >= 4 is 11.9 Å². The van der Waals surface area contributed by atoms with E-state index in [0.29, 0.717) is 13.1 Å². The van der Waals surface area contributed by atoms with Crippen LogP contribution in [-0.2, 0) is 9.59 Å². The number of hydrogen-bond donors (Lipinski definition) is 2. The predicted octanol–water partition coefficient (Wildman–Crippen LogP) is 1.48. The van der Waals surface area contributed by atoms with Gasteiger partial charge in [-0.3, -0.25) is 9.59 Å². The molecule has 2 atom stereocenters. The maximum absolute atomic E-state index is 12.8. The van der Waals surface area contributed by atoms with Gasteiger partial charge in [-0.15, -0.1) is 0 Å². The molecule has 2 N–H and O–H groups in total. The van der Waals surface area contributed by atoms with Crippen molar-refractivity contribution in [3.63, 3.8) is 0 Å². The lowest BCUT2D eigenvalue weighted by Crippen LogP contribution is -2.54. The van der Waals surface area contributed by atoms with E-state index in [9.17, 15) is 9.59 Å². The van der Waals surface area contributed by atoms with Crippen LogP contribution in [0.1, 0.15) is 46.5 Å². The Hall–Kier alpha value is -1.10. The Morgan fingerprint density at radius 2 is 2.11 bits per heavy atom. The van der Waals surface area contributed by atoms with Gasteiger partial charge in [0.2, 0.25) is 5.91 Å². The highest BCUT2D eigenvalue weighted by Crippen LogP contribution is 2.33. The van der Waals surface area contributed by atoms with E-state index in [-0.39, 0.29) is 23.8 Å². The van der Waals surface area contributed by atoms with E-state index >= 15 is 0 Å².